The smallest absolute Gasteiger partial charge is 0.241 e. The highest BCUT2D eigenvalue weighted by Crippen LogP contribution is 2.39. The number of aromatic nitrogens is 2. The number of benzene rings is 2. The minimum Gasteiger partial charge on any atom is -0.437 e. The normalized spacial score (nSPS) is 20.0. The summed E-state index contributed by atoms with van der Waals surface area (Å²) in [6, 6.07) is 18.1. The lowest BCUT2D eigenvalue weighted by atomic mass is 9.72. The quantitative estimate of drug-likeness (QED) is 0.538. The second-order valence-electron chi connectivity index (χ2n) is 9.31. The van der Waals surface area contributed by atoms with Crippen LogP contribution in [0.4, 0.5) is 0 Å². The molecule has 3 heterocycles. The van der Waals surface area contributed by atoms with E-state index < -0.39 is 5.41 Å². The minimum atomic E-state index is -0.528. The predicted molar refractivity (Wildman–Crippen MR) is 130 cm³/mol. The summed E-state index contributed by atoms with van der Waals surface area (Å²) in [5.74, 6) is 1.54. The van der Waals surface area contributed by atoms with Crippen molar-refractivity contribution in [2.24, 2.45) is 0 Å². The summed E-state index contributed by atoms with van der Waals surface area (Å²) in [5, 5.41) is 0. The van der Waals surface area contributed by atoms with Gasteiger partial charge in [-0.2, -0.15) is 0 Å². The van der Waals surface area contributed by atoms with Crippen molar-refractivity contribution in [2.45, 2.75) is 43.9 Å². The Hall–Kier alpha value is -3.25. The third-order valence-corrected chi connectivity index (χ3v) is 7.10. The number of ether oxygens (including phenoxy) is 2. The number of carbonyl (C=O) groups excluding carboxylic acids is 1. The second-order valence-corrected chi connectivity index (χ2v) is 9.31. The lowest BCUT2D eigenvalue weighted by Gasteiger charge is -2.42. The average molecular weight is 458 g/mol. The maximum Gasteiger partial charge on any atom is 0.241 e. The van der Waals surface area contributed by atoms with E-state index in [9.17, 15) is 4.79 Å². The van der Waals surface area contributed by atoms with Gasteiger partial charge in [0.25, 0.3) is 0 Å². The SMILES string of the molecule is Cc1ccc(C2(C(=O)N3CCC[C@H](c4nccnc4Oc4ccccc4)C3)CCOCC2)cc1. The number of amides is 1. The van der Waals surface area contributed by atoms with Gasteiger partial charge in [-0.05, 0) is 50.3 Å². The van der Waals surface area contributed by atoms with E-state index in [4.69, 9.17) is 9.47 Å². The van der Waals surface area contributed by atoms with Crippen LogP contribution in [0.3, 0.4) is 0 Å². The van der Waals surface area contributed by atoms with Crippen LogP contribution in [-0.2, 0) is 14.9 Å². The van der Waals surface area contributed by atoms with Crippen LogP contribution in [0.5, 0.6) is 11.6 Å². The van der Waals surface area contributed by atoms with Gasteiger partial charge in [-0.25, -0.2) is 4.98 Å². The highest BCUT2D eigenvalue weighted by Gasteiger charge is 2.45. The molecule has 6 heteroatoms. The van der Waals surface area contributed by atoms with Crippen LogP contribution in [0.15, 0.2) is 67.0 Å². The van der Waals surface area contributed by atoms with Crippen molar-refractivity contribution in [3.8, 4) is 11.6 Å². The first-order chi connectivity index (χ1) is 16.7. The zero-order chi connectivity index (χ0) is 23.4. The molecule has 0 radical (unpaired) electrons. The number of rotatable bonds is 5. The Morgan fingerprint density at radius 3 is 2.53 bits per heavy atom. The summed E-state index contributed by atoms with van der Waals surface area (Å²) < 4.78 is 11.7. The van der Waals surface area contributed by atoms with Crippen molar-refractivity contribution in [1.29, 1.82) is 0 Å². The van der Waals surface area contributed by atoms with Gasteiger partial charge in [-0.3, -0.25) is 9.78 Å². The molecule has 176 valence electrons. The third kappa shape index (κ3) is 4.55. The first-order valence-electron chi connectivity index (χ1n) is 12.1. The predicted octanol–water partition coefficient (Wildman–Crippen LogP) is 5.03. The number of hydrogen-bond acceptors (Lipinski definition) is 5. The van der Waals surface area contributed by atoms with Gasteiger partial charge in [-0.1, -0.05) is 48.0 Å². The van der Waals surface area contributed by atoms with Crippen LogP contribution in [0.2, 0.25) is 0 Å². The van der Waals surface area contributed by atoms with Crippen LogP contribution in [-0.4, -0.2) is 47.1 Å². The van der Waals surface area contributed by atoms with Crippen molar-refractivity contribution in [3.05, 3.63) is 83.8 Å². The van der Waals surface area contributed by atoms with E-state index in [0.717, 1.165) is 36.4 Å². The molecule has 3 aromatic rings. The highest BCUT2D eigenvalue weighted by molar-refractivity contribution is 5.88. The molecule has 2 saturated heterocycles. The number of nitrogens with zero attached hydrogens (tertiary/aromatic N) is 3. The molecule has 0 unspecified atom stereocenters. The first kappa shape index (κ1) is 22.5. The van der Waals surface area contributed by atoms with Gasteiger partial charge in [0, 0.05) is 44.6 Å². The Kier molecular flexibility index (Phi) is 6.59. The summed E-state index contributed by atoms with van der Waals surface area (Å²) in [6.07, 6.45) is 6.67. The van der Waals surface area contributed by atoms with Crippen molar-refractivity contribution in [2.75, 3.05) is 26.3 Å². The minimum absolute atomic E-state index is 0.0834. The molecule has 34 heavy (non-hydrogen) atoms. The molecule has 1 atom stereocenters. The number of piperidine rings is 1. The summed E-state index contributed by atoms with van der Waals surface area (Å²) in [6.45, 7) is 4.68. The Balaban J connectivity index is 1.40. The molecular weight excluding hydrogens is 426 g/mol. The van der Waals surface area contributed by atoms with Crippen molar-refractivity contribution >= 4 is 5.91 Å². The van der Waals surface area contributed by atoms with Gasteiger partial charge in [0.2, 0.25) is 11.8 Å². The third-order valence-electron chi connectivity index (χ3n) is 7.10. The maximum atomic E-state index is 14.1. The molecular formula is C28H31N3O3. The largest absolute Gasteiger partial charge is 0.437 e. The zero-order valence-electron chi connectivity index (χ0n) is 19.7. The molecule has 2 fully saturated rings. The Labute approximate surface area is 201 Å². The van der Waals surface area contributed by atoms with E-state index in [0.29, 0.717) is 38.5 Å². The maximum absolute atomic E-state index is 14.1. The molecule has 0 N–H and O–H groups in total. The monoisotopic (exact) mass is 457 g/mol. The van der Waals surface area contributed by atoms with E-state index in [-0.39, 0.29) is 11.8 Å². The van der Waals surface area contributed by atoms with Crippen molar-refractivity contribution < 1.29 is 14.3 Å². The second kappa shape index (κ2) is 9.94. The molecule has 2 aliphatic rings. The average Bonchev–Trinajstić information content (AvgIpc) is 2.90. The molecule has 0 spiro atoms. The van der Waals surface area contributed by atoms with Crippen LogP contribution in [0.25, 0.3) is 0 Å². The van der Waals surface area contributed by atoms with Gasteiger partial charge in [0.15, 0.2) is 0 Å². The highest BCUT2D eigenvalue weighted by atomic mass is 16.5. The van der Waals surface area contributed by atoms with E-state index in [1.807, 2.05) is 35.2 Å². The van der Waals surface area contributed by atoms with Gasteiger partial charge in [0.1, 0.15) is 11.4 Å². The number of hydrogen-bond donors (Lipinski definition) is 0. The number of aryl methyl sites for hydroxylation is 1. The molecule has 1 aromatic heterocycles. The lowest BCUT2D eigenvalue weighted by molar-refractivity contribution is -0.142. The molecule has 1 amide bonds. The standard InChI is InChI=1S/C28H31N3O3/c1-21-9-11-23(12-10-21)28(13-18-33-19-14-28)27(32)31-17-5-6-22(20-31)25-26(30-16-15-29-25)34-24-7-3-2-4-8-24/h2-4,7-12,15-16,22H,5-6,13-14,17-20H2,1H3/t22-/m0/s1. The summed E-state index contributed by atoms with van der Waals surface area (Å²) >= 11 is 0. The van der Waals surface area contributed by atoms with E-state index in [2.05, 4.69) is 41.2 Å². The summed E-state index contributed by atoms with van der Waals surface area (Å²) in [5.41, 5.74) is 2.59. The Morgan fingerprint density at radius 2 is 1.76 bits per heavy atom. The van der Waals surface area contributed by atoms with Crippen LogP contribution in [0, 0.1) is 6.92 Å². The Bertz CT molecular complexity index is 1110. The fourth-order valence-corrected chi connectivity index (χ4v) is 5.20. The van der Waals surface area contributed by atoms with Crippen LogP contribution >= 0.6 is 0 Å². The van der Waals surface area contributed by atoms with Crippen molar-refractivity contribution in [1.82, 2.24) is 14.9 Å². The van der Waals surface area contributed by atoms with Crippen LogP contribution < -0.4 is 4.74 Å². The van der Waals surface area contributed by atoms with E-state index >= 15 is 0 Å². The van der Waals surface area contributed by atoms with Gasteiger partial charge in [-0.15, -0.1) is 0 Å². The van der Waals surface area contributed by atoms with Gasteiger partial charge >= 0.3 is 0 Å². The fourth-order valence-electron chi connectivity index (χ4n) is 5.20. The fraction of sp³-hybridized carbons (Fsp3) is 0.393. The Morgan fingerprint density at radius 1 is 1.03 bits per heavy atom. The van der Waals surface area contributed by atoms with Crippen molar-refractivity contribution in [3.63, 3.8) is 0 Å². The summed E-state index contributed by atoms with van der Waals surface area (Å²) in [4.78, 5) is 25.3. The number of para-hydroxylation sites is 1. The summed E-state index contributed by atoms with van der Waals surface area (Å²) in [7, 11) is 0. The molecule has 5 rings (SSSR count). The zero-order valence-corrected chi connectivity index (χ0v) is 19.7. The molecule has 0 saturated carbocycles. The molecule has 0 aliphatic carbocycles. The lowest BCUT2D eigenvalue weighted by Crippen LogP contribution is -2.52. The van der Waals surface area contributed by atoms with Gasteiger partial charge in [0.05, 0.1) is 5.41 Å². The molecule has 2 aromatic carbocycles. The van der Waals surface area contributed by atoms with Gasteiger partial charge < -0.3 is 14.4 Å². The van der Waals surface area contributed by atoms with Crippen LogP contribution in [0.1, 0.15) is 48.4 Å². The number of likely N-dealkylation sites (tertiary alicyclic amines) is 1. The van der Waals surface area contributed by atoms with E-state index in [1.54, 1.807) is 12.4 Å². The van der Waals surface area contributed by atoms with E-state index in [1.165, 1.54) is 5.56 Å². The first-order valence-corrected chi connectivity index (χ1v) is 12.1. The number of carbonyl (C=O) groups is 1. The topological polar surface area (TPSA) is 64.6 Å². The molecule has 6 nitrogen and oxygen atoms in total. The molecule has 0 bridgehead atoms. The molecule has 2 aliphatic heterocycles.